The number of carbonyl (C=O) groups excluding carboxylic acids is 1. The van der Waals surface area contributed by atoms with Crippen LogP contribution in [0.4, 0.5) is 4.79 Å². The van der Waals surface area contributed by atoms with Crippen LogP contribution < -0.4 is 5.32 Å². The van der Waals surface area contributed by atoms with Crippen LogP contribution in [0.15, 0.2) is 24.3 Å². The summed E-state index contributed by atoms with van der Waals surface area (Å²) in [4.78, 5) is 22.3. The van der Waals surface area contributed by atoms with Crippen LogP contribution in [-0.4, -0.2) is 33.0 Å². The van der Waals surface area contributed by atoms with Crippen molar-refractivity contribution in [2.45, 2.75) is 45.2 Å². The van der Waals surface area contributed by atoms with Crippen LogP contribution in [0.1, 0.15) is 45.5 Å². The lowest BCUT2D eigenvalue weighted by atomic mass is 10.1. The molecule has 1 saturated heterocycles. The maximum atomic E-state index is 12.4. The van der Waals surface area contributed by atoms with Crippen LogP contribution in [0.3, 0.4) is 0 Å². The molecule has 1 atom stereocenters. The van der Waals surface area contributed by atoms with E-state index < -0.39 is 0 Å². The molecule has 1 aliphatic rings. The molecule has 5 nitrogen and oxygen atoms in total. The van der Waals surface area contributed by atoms with Crippen molar-refractivity contribution in [2.24, 2.45) is 0 Å². The Labute approximate surface area is 124 Å². The minimum Gasteiger partial charge on any atom is -0.340 e. The fraction of sp³-hybridized carbons (Fsp3) is 0.500. The van der Waals surface area contributed by atoms with Gasteiger partial charge in [-0.15, -0.1) is 0 Å². The third-order valence-corrected chi connectivity index (χ3v) is 3.72. The molecule has 3 rings (SSSR count). The van der Waals surface area contributed by atoms with Crippen LogP contribution in [0.2, 0.25) is 0 Å². The second kappa shape index (κ2) is 5.06. The molecule has 0 aliphatic carbocycles. The number of likely N-dealkylation sites (tertiary alicyclic amines) is 1. The first-order valence-electron chi connectivity index (χ1n) is 7.47. The molecule has 1 fully saturated rings. The number of nitrogens with one attached hydrogen (secondary N) is 2. The smallest absolute Gasteiger partial charge is 0.318 e. The van der Waals surface area contributed by atoms with E-state index in [0.29, 0.717) is 0 Å². The molecule has 1 aliphatic heterocycles. The van der Waals surface area contributed by atoms with Crippen molar-refractivity contribution in [1.29, 1.82) is 0 Å². The maximum absolute atomic E-state index is 12.4. The number of urea groups is 1. The molecule has 1 unspecified atom stereocenters. The molecular weight excluding hydrogens is 264 g/mol. The fourth-order valence-corrected chi connectivity index (χ4v) is 2.82. The molecule has 0 radical (unpaired) electrons. The second-order valence-corrected chi connectivity index (χ2v) is 6.67. The van der Waals surface area contributed by atoms with E-state index in [-0.39, 0.29) is 17.6 Å². The van der Waals surface area contributed by atoms with Gasteiger partial charge in [0.05, 0.1) is 17.1 Å². The summed E-state index contributed by atoms with van der Waals surface area (Å²) in [6.07, 6.45) is 1.97. The SMILES string of the molecule is CC(C)(C)NC(=O)N1CCCC1c1nc2ccccc2[nH]1. The largest absolute Gasteiger partial charge is 0.340 e. The molecule has 2 amide bonds. The van der Waals surface area contributed by atoms with E-state index in [9.17, 15) is 4.79 Å². The van der Waals surface area contributed by atoms with Crippen molar-refractivity contribution in [3.05, 3.63) is 30.1 Å². The van der Waals surface area contributed by atoms with Gasteiger partial charge >= 0.3 is 6.03 Å². The number of rotatable bonds is 1. The van der Waals surface area contributed by atoms with Gasteiger partial charge in [-0.1, -0.05) is 12.1 Å². The van der Waals surface area contributed by atoms with Gasteiger partial charge in [-0.05, 0) is 45.7 Å². The first-order chi connectivity index (χ1) is 9.94. The van der Waals surface area contributed by atoms with Crippen molar-refractivity contribution in [3.63, 3.8) is 0 Å². The van der Waals surface area contributed by atoms with Crippen LogP contribution in [-0.2, 0) is 0 Å². The van der Waals surface area contributed by atoms with Crippen LogP contribution in [0.25, 0.3) is 11.0 Å². The third kappa shape index (κ3) is 2.86. The lowest BCUT2D eigenvalue weighted by molar-refractivity contribution is 0.182. The number of para-hydroxylation sites is 2. The number of hydrogen-bond donors (Lipinski definition) is 2. The average Bonchev–Trinajstić information content (AvgIpc) is 3.02. The number of benzene rings is 1. The van der Waals surface area contributed by atoms with Gasteiger partial charge in [-0.2, -0.15) is 0 Å². The van der Waals surface area contributed by atoms with E-state index in [2.05, 4.69) is 15.3 Å². The highest BCUT2D eigenvalue weighted by Gasteiger charge is 2.33. The minimum absolute atomic E-state index is 0.00884. The molecule has 5 heteroatoms. The molecule has 2 aromatic rings. The molecule has 0 saturated carbocycles. The summed E-state index contributed by atoms with van der Waals surface area (Å²) in [7, 11) is 0. The van der Waals surface area contributed by atoms with E-state index >= 15 is 0 Å². The first-order valence-corrected chi connectivity index (χ1v) is 7.47. The lowest BCUT2D eigenvalue weighted by Crippen LogP contribution is -2.48. The summed E-state index contributed by atoms with van der Waals surface area (Å²) < 4.78 is 0. The number of amides is 2. The van der Waals surface area contributed by atoms with Gasteiger partial charge in [0.15, 0.2) is 0 Å². The van der Waals surface area contributed by atoms with Gasteiger partial charge in [-0.25, -0.2) is 9.78 Å². The summed E-state index contributed by atoms with van der Waals surface area (Å²) in [6, 6.07) is 8.00. The van der Waals surface area contributed by atoms with Crippen molar-refractivity contribution in [2.75, 3.05) is 6.54 Å². The van der Waals surface area contributed by atoms with Crippen molar-refractivity contribution >= 4 is 17.1 Å². The number of aromatic nitrogens is 2. The second-order valence-electron chi connectivity index (χ2n) is 6.67. The van der Waals surface area contributed by atoms with Crippen LogP contribution in [0, 0.1) is 0 Å². The number of nitrogens with zero attached hydrogens (tertiary/aromatic N) is 2. The highest BCUT2D eigenvalue weighted by atomic mass is 16.2. The number of carbonyl (C=O) groups is 1. The Balaban J connectivity index is 1.85. The summed E-state index contributed by atoms with van der Waals surface area (Å²) >= 11 is 0. The molecule has 2 N–H and O–H groups in total. The molecule has 21 heavy (non-hydrogen) atoms. The Morgan fingerprint density at radius 2 is 2.14 bits per heavy atom. The zero-order valence-corrected chi connectivity index (χ0v) is 12.8. The third-order valence-electron chi connectivity index (χ3n) is 3.72. The molecule has 2 heterocycles. The van der Waals surface area contributed by atoms with Gasteiger partial charge in [0, 0.05) is 12.1 Å². The Hall–Kier alpha value is -2.04. The van der Waals surface area contributed by atoms with Gasteiger partial charge in [-0.3, -0.25) is 0 Å². The topological polar surface area (TPSA) is 61.0 Å². The summed E-state index contributed by atoms with van der Waals surface area (Å²) in [5, 5.41) is 3.04. The number of hydrogen-bond acceptors (Lipinski definition) is 2. The molecular formula is C16H22N4O. The summed E-state index contributed by atoms with van der Waals surface area (Å²) in [5.74, 6) is 0.887. The van der Waals surface area contributed by atoms with Crippen LogP contribution in [0.5, 0.6) is 0 Å². The van der Waals surface area contributed by atoms with E-state index in [1.165, 1.54) is 0 Å². The average molecular weight is 286 g/mol. The minimum atomic E-state index is -0.224. The van der Waals surface area contributed by atoms with Gasteiger partial charge in [0.25, 0.3) is 0 Å². The maximum Gasteiger partial charge on any atom is 0.318 e. The molecule has 0 bridgehead atoms. The quantitative estimate of drug-likeness (QED) is 0.845. The van der Waals surface area contributed by atoms with E-state index in [1.54, 1.807) is 0 Å². The van der Waals surface area contributed by atoms with Crippen molar-refractivity contribution in [3.8, 4) is 0 Å². The molecule has 0 spiro atoms. The fourth-order valence-electron chi connectivity index (χ4n) is 2.82. The van der Waals surface area contributed by atoms with E-state index in [0.717, 1.165) is 36.2 Å². The summed E-state index contributed by atoms with van der Waals surface area (Å²) in [5.41, 5.74) is 1.75. The standard InChI is InChI=1S/C16H22N4O/c1-16(2,3)19-15(21)20-10-6-9-13(20)14-17-11-7-4-5-8-12(11)18-14/h4-5,7-8,13H,6,9-10H2,1-3H3,(H,17,18)(H,19,21). The van der Waals surface area contributed by atoms with Crippen molar-refractivity contribution in [1.82, 2.24) is 20.2 Å². The van der Waals surface area contributed by atoms with Gasteiger partial charge < -0.3 is 15.2 Å². The molecule has 1 aromatic heterocycles. The number of aromatic amines is 1. The Bertz CT molecular complexity index is 623. The molecule has 112 valence electrons. The lowest BCUT2D eigenvalue weighted by Gasteiger charge is -2.28. The Morgan fingerprint density at radius 3 is 2.86 bits per heavy atom. The van der Waals surface area contributed by atoms with E-state index in [4.69, 9.17) is 0 Å². The normalized spacial score (nSPS) is 19.2. The highest BCUT2D eigenvalue weighted by molar-refractivity contribution is 5.77. The number of fused-ring (bicyclic) bond motifs is 1. The van der Waals surface area contributed by atoms with Gasteiger partial charge in [0.2, 0.25) is 0 Å². The Morgan fingerprint density at radius 1 is 1.38 bits per heavy atom. The number of imidazole rings is 1. The zero-order valence-electron chi connectivity index (χ0n) is 12.8. The summed E-state index contributed by atoms with van der Waals surface area (Å²) in [6.45, 7) is 6.77. The monoisotopic (exact) mass is 286 g/mol. The Kier molecular flexibility index (Phi) is 3.35. The van der Waals surface area contributed by atoms with Gasteiger partial charge in [0.1, 0.15) is 5.82 Å². The predicted octanol–water partition coefficient (Wildman–Crippen LogP) is 3.21. The number of H-pyrrole nitrogens is 1. The zero-order chi connectivity index (χ0) is 15.0. The predicted molar refractivity (Wildman–Crippen MR) is 83.1 cm³/mol. The van der Waals surface area contributed by atoms with Crippen LogP contribution >= 0.6 is 0 Å². The highest BCUT2D eigenvalue weighted by Crippen LogP contribution is 2.31. The first kappa shape index (κ1) is 13.9. The molecule has 1 aromatic carbocycles. The van der Waals surface area contributed by atoms with E-state index in [1.807, 2.05) is 49.9 Å². The van der Waals surface area contributed by atoms with Crippen molar-refractivity contribution < 1.29 is 4.79 Å².